The first-order valence-corrected chi connectivity index (χ1v) is 7.88. The van der Waals surface area contributed by atoms with Gasteiger partial charge in [0.15, 0.2) is 0 Å². The molecule has 2 aromatic rings. The molecule has 3 rings (SSSR count). The van der Waals surface area contributed by atoms with Gasteiger partial charge in [-0.2, -0.15) is 0 Å². The Morgan fingerprint density at radius 2 is 1.86 bits per heavy atom. The second kappa shape index (κ2) is 5.02. The molecule has 0 bridgehead atoms. The van der Waals surface area contributed by atoms with Crippen molar-refractivity contribution in [3.8, 4) is 5.75 Å². The van der Waals surface area contributed by atoms with Crippen LogP contribution in [-0.4, -0.2) is 15.9 Å². The van der Waals surface area contributed by atoms with Crippen LogP contribution >= 0.6 is 22.6 Å². The van der Waals surface area contributed by atoms with Gasteiger partial charge in [-0.05, 0) is 59.7 Å². The Kier molecular flexibility index (Phi) is 3.43. The SMILES string of the molecule is CC(C)(c1ccccc1)N1Cc2cc(O)cc(I)c2C1=O. The van der Waals surface area contributed by atoms with Crippen molar-refractivity contribution in [2.75, 3.05) is 0 Å². The second-order valence-corrected chi connectivity index (χ2v) is 6.94. The number of rotatable bonds is 2. The molecule has 0 unspecified atom stereocenters. The average molecular weight is 393 g/mol. The second-order valence-electron chi connectivity index (χ2n) is 5.78. The van der Waals surface area contributed by atoms with Crippen LogP contribution in [0.1, 0.15) is 35.3 Å². The maximum atomic E-state index is 12.8. The average Bonchev–Trinajstić information content (AvgIpc) is 2.77. The quantitative estimate of drug-likeness (QED) is 0.787. The lowest BCUT2D eigenvalue weighted by atomic mass is 9.92. The summed E-state index contributed by atoms with van der Waals surface area (Å²) < 4.78 is 0.805. The van der Waals surface area contributed by atoms with Crippen molar-refractivity contribution in [2.24, 2.45) is 0 Å². The zero-order chi connectivity index (χ0) is 15.2. The molecule has 1 amide bonds. The molecule has 0 saturated carbocycles. The van der Waals surface area contributed by atoms with E-state index >= 15 is 0 Å². The van der Waals surface area contributed by atoms with E-state index in [1.54, 1.807) is 12.1 Å². The Morgan fingerprint density at radius 1 is 1.19 bits per heavy atom. The topological polar surface area (TPSA) is 40.5 Å². The molecule has 0 aliphatic carbocycles. The molecule has 0 aromatic heterocycles. The van der Waals surface area contributed by atoms with Gasteiger partial charge in [-0.25, -0.2) is 0 Å². The van der Waals surface area contributed by atoms with E-state index in [9.17, 15) is 9.90 Å². The highest BCUT2D eigenvalue weighted by Gasteiger charge is 2.39. The lowest BCUT2D eigenvalue weighted by Crippen LogP contribution is -2.41. The minimum atomic E-state index is -0.393. The Morgan fingerprint density at radius 3 is 2.52 bits per heavy atom. The van der Waals surface area contributed by atoms with Crippen molar-refractivity contribution in [1.82, 2.24) is 4.90 Å². The number of phenolic OH excluding ortho intramolecular Hbond substituents is 1. The molecule has 0 fully saturated rings. The van der Waals surface area contributed by atoms with Gasteiger partial charge in [-0.3, -0.25) is 4.79 Å². The van der Waals surface area contributed by atoms with Crippen molar-refractivity contribution in [3.05, 3.63) is 62.7 Å². The predicted octanol–water partition coefficient (Wildman–Crippen LogP) is 3.89. The predicted molar refractivity (Wildman–Crippen MR) is 90.2 cm³/mol. The first-order valence-electron chi connectivity index (χ1n) is 6.80. The minimum absolute atomic E-state index is 0.0308. The zero-order valence-corrected chi connectivity index (χ0v) is 14.1. The number of halogens is 1. The van der Waals surface area contributed by atoms with E-state index in [2.05, 4.69) is 36.4 Å². The van der Waals surface area contributed by atoms with Crippen molar-refractivity contribution >= 4 is 28.5 Å². The molecule has 1 aliphatic heterocycles. The molecule has 21 heavy (non-hydrogen) atoms. The fraction of sp³-hybridized carbons (Fsp3) is 0.235. The van der Waals surface area contributed by atoms with Gasteiger partial charge in [0, 0.05) is 10.1 Å². The van der Waals surface area contributed by atoms with Gasteiger partial charge in [0.05, 0.1) is 11.1 Å². The maximum absolute atomic E-state index is 12.8. The molecule has 4 heteroatoms. The van der Waals surface area contributed by atoms with Crippen LogP contribution in [-0.2, 0) is 12.1 Å². The zero-order valence-electron chi connectivity index (χ0n) is 11.9. The normalized spacial score (nSPS) is 14.4. The Hall–Kier alpha value is -1.56. The van der Waals surface area contributed by atoms with Crippen LogP contribution in [0.25, 0.3) is 0 Å². The number of fused-ring (bicyclic) bond motifs is 1. The Labute approximate surface area is 137 Å². The van der Waals surface area contributed by atoms with Gasteiger partial charge in [-0.15, -0.1) is 0 Å². The third-order valence-corrected chi connectivity index (χ3v) is 4.95. The van der Waals surface area contributed by atoms with Crippen molar-refractivity contribution in [3.63, 3.8) is 0 Å². The van der Waals surface area contributed by atoms with Crippen molar-refractivity contribution in [2.45, 2.75) is 25.9 Å². The van der Waals surface area contributed by atoms with Gasteiger partial charge in [0.2, 0.25) is 0 Å². The van der Waals surface area contributed by atoms with E-state index in [-0.39, 0.29) is 11.7 Å². The largest absolute Gasteiger partial charge is 0.508 e. The van der Waals surface area contributed by atoms with Gasteiger partial charge in [0.1, 0.15) is 5.75 Å². The third kappa shape index (κ3) is 2.31. The van der Waals surface area contributed by atoms with Crippen LogP contribution in [0.3, 0.4) is 0 Å². The summed E-state index contributed by atoms with van der Waals surface area (Å²) in [6.45, 7) is 4.64. The summed E-state index contributed by atoms with van der Waals surface area (Å²) in [4.78, 5) is 14.7. The highest BCUT2D eigenvalue weighted by atomic mass is 127. The number of carbonyl (C=O) groups is 1. The standard InChI is InChI=1S/C17H16INO2/c1-17(2,12-6-4-3-5-7-12)19-10-11-8-13(20)9-14(18)15(11)16(19)21/h3-9,20H,10H2,1-2H3. The molecule has 1 heterocycles. The third-order valence-electron chi connectivity index (χ3n) is 4.10. The summed E-state index contributed by atoms with van der Waals surface area (Å²) in [6.07, 6.45) is 0. The maximum Gasteiger partial charge on any atom is 0.256 e. The molecule has 1 N–H and O–H groups in total. The van der Waals surface area contributed by atoms with Gasteiger partial charge >= 0.3 is 0 Å². The number of phenols is 1. The molecule has 0 atom stereocenters. The molecule has 0 radical (unpaired) electrons. The number of carbonyl (C=O) groups excluding carboxylic acids is 1. The molecule has 0 saturated heterocycles. The monoisotopic (exact) mass is 393 g/mol. The number of nitrogens with zero attached hydrogens (tertiary/aromatic N) is 1. The number of hydrogen-bond acceptors (Lipinski definition) is 2. The van der Waals surface area contributed by atoms with E-state index in [4.69, 9.17) is 0 Å². The number of amides is 1. The van der Waals surface area contributed by atoms with E-state index in [0.29, 0.717) is 6.54 Å². The first kappa shape index (κ1) is 14.4. The summed E-state index contributed by atoms with van der Waals surface area (Å²) >= 11 is 2.11. The van der Waals surface area contributed by atoms with Crippen molar-refractivity contribution < 1.29 is 9.90 Å². The van der Waals surface area contributed by atoms with Crippen LogP contribution < -0.4 is 0 Å². The minimum Gasteiger partial charge on any atom is -0.508 e. The molecular weight excluding hydrogens is 377 g/mol. The van der Waals surface area contributed by atoms with Gasteiger partial charge in [0.25, 0.3) is 5.91 Å². The number of benzene rings is 2. The lowest BCUT2D eigenvalue weighted by Gasteiger charge is -2.36. The first-order chi connectivity index (χ1) is 9.91. The fourth-order valence-corrected chi connectivity index (χ4v) is 3.74. The van der Waals surface area contributed by atoms with Gasteiger partial charge in [-0.1, -0.05) is 30.3 Å². The summed E-state index contributed by atoms with van der Waals surface area (Å²) in [5.41, 5.74) is 2.33. The lowest BCUT2D eigenvalue weighted by molar-refractivity contribution is 0.0567. The molecule has 3 nitrogen and oxygen atoms in total. The molecule has 2 aromatic carbocycles. The smallest absolute Gasteiger partial charge is 0.256 e. The summed E-state index contributed by atoms with van der Waals surface area (Å²) in [5.74, 6) is 0.244. The van der Waals surface area contributed by atoms with E-state index in [0.717, 1.165) is 20.3 Å². The summed E-state index contributed by atoms with van der Waals surface area (Å²) in [6, 6.07) is 13.4. The van der Waals surface area contributed by atoms with E-state index in [1.807, 2.05) is 35.2 Å². The molecule has 0 spiro atoms. The fourth-order valence-electron chi connectivity index (χ4n) is 2.84. The van der Waals surface area contributed by atoms with Crippen molar-refractivity contribution in [1.29, 1.82) is 0 Å². The van der Waals surface area contributed by atoms with Crippen LogP contribution in [0.4, 0.5) is 0 Å². The van der Waals surface area contributed by atoms with E-state index < -0.39 is 5.54 Å². The summed E-state index contributed by atoms with van der Waals surface area (Å²) in [5, 5.41) is 9.73. The number of hydrogen-bond donors (Lipinski definition) is 1. The van der Waals surface area contributed by atoms with Crippen LogP contribution in [0.15, 0.2) is 42.5 Å². The van der Waals surface area contributed by atoms with Crippen LogP contribution in [0, 0.1) is 3.57 Å². The Balaban J connectivity index is 2.04. The molecule has 108 valence electrons. The molecule has 1 aliphatic rings. The highest BCUT2D eigenvalue weighted by Crippen LogP contribution is 2.38. The van der Waals surface area contributed by atoms with Gasteiger partial charge < -0.3 is 10.0 Å². The Bertz CT molecular complexity index is 710. The molecular formula is C17H16INO2. The van der Waals surface area contributed by atoms with Crippen LogP contribution in [0.5, 0.6) is 5.75 Å². The number of aromatic hydroxyl groups is 1. The summed E-state index contributed by atoms with van der Waals surface area (Å²) in [7, 11) is 0. The van der Waals surface area contributed by atoms with Crippen LogP contribution in [0.2, 0.25) is 0 Å². The van der Waals surface area contributed by atoms with E-state index in [1.165, 1.54) is 0 Å². The highest BCUT2D eigenvalue weighted by molar-refractivity contribution is 14.1.